The van der Waals surface area contributed by atoms with Gasteiger partial charge in [0, 0.05) is 24.5 Å². The minimum atomic E-state index is -0.887. The molecule has 2 fully saturated rings. The van der Waals surface area contributed by atoms with Gasteiger partial charge < -0.3 is 4.90 Å². The molecule has 1 aliphatic heterocycles. The molecule has 4 heterocycles. The first-order valence-corrected chi connectivity index (χ1v) is 9.09. The van der Waals surface area contributed by atoms with Gasteiger partial charge in [-0.05, 0) is 37.3 Å². The van der Waals surface area contributed by atoms with Crippen molar-refractivity contribution in [3.8, 4) is 23.4 Å². The van der Waals surface area contributed by atoms with E-state index in [4.69, 9.17) is 5.26 Å². The average Bonchev–Trinajstić information content (AvgIpc) is 3.40. The van der Waals surface area contributed by atoms with E-state index in [0.717, 1.165) is 29.6 Å². The molecule has 136 valence electrons. The zero-order valence-corrected chi connectivity index (χ0v) is 14.9. The fraction of sp³-hybridized carbons (Fsp3) is 0.300. The predicted octanol–water partition coefficient (Wildman–Crippen LogP) is 2.32. The highest BCUT2D eigenvalue weighted by atomic mass is 16.2. The average molecular weight is 369 g/mol. The third kappa shape index (κ3) is 2.28. The molecule has 8 nitrogen and oxygen atoms in total. The van der Waals surface area contributed by atoms with Crippen LogP contribution in [-0.2, 0) is 4.79 Å². The van der Waals surface area contributed by atoms with Crippen LogP contribution in [0, 0.1) is 34.0 Å². The van der Waals surface area contributed by atoms with Crippen molar-refractivity contribution in [2.75, 3.05) is 11.4 Å². The van der Waals surface area contributed by atoms with Crippen LogP contribution in [0.2, 0.25) is 0 Å². The summed E-state index contributed by atoms with van der Waals surface area (Å²) in [6, 6.07) is 7.98. The molecule has 1 aliphatic carbocycles. The maximum atomic E-state index is 13.2. The van der Waals surface area contributed by atoms with Crippen molar-refractivity contribution in [2.45, 2.75) is 19.3 Å². The molecule has 1 amide bonds. The summed E-state index contributed by atoms with van der Waals surface area (Å²) in [5, 5.41) is 23.1. The topological polar surface area (TPSA) is 111 Å². The lowest BCUT2D eigenvalue weighted by Crippen LogP contribution is -2.35. The molecule has 0 N–H and O–H groups in total. The van der Waals surface area contributed by atoms with Gasteiger partial charge in [0.2, 0.25) is 5.91 Å². The van der Waals surface area contributed by atoms with Crippen LogP contribution in [0.4, 0.5) is 5.69 Å². The minimum absolute atomic E-state index is 0.111. The summed E-state index contributed by atoms with van der Waals surface area (Å²) in [6.45, 7) is 0.521. The predicted molar refractivity (Wildman–Crippen MR) is 98.7 cm³/mol. The van der Waals surface area contributed by atoms with E-state index in [1.165, 1.54) is 6.20 Å². The third-order valence-corrected chi connectivity index (χ3v) is 5.65. The second kappa shape index (κ2) is 5.86. The number of aromatic nitrogens is 4. The van der Waals surface area contributed by atoms with Crippen molar-refractivity contribution < 1.29 is 4.79 Å². The minimum Gasteiger partial charge on any atom is -0.309 e. The van der Waals surface area contributed by atoms with Crippen LogP contribution in [0.3, 0.4) is 0 Å². The van der Waals surface area contributed by atoms with Crippen molar-refractivity contribution in [3.63, 3.8) is 0 Å². The Morgan fingerprint density at radius 2 is 2.11 bits per heavy atom. The largest absolute Gasteiger partial charge is 0.309 e. The molecule has 5 rings (SSSR count). The Kier molecular flexibility index (Phi) is 3.43. The van der Waals surface area contributed by atoms with E-state index < -0.39 is 5.41 Å². The van der Waals surface area contributed by atoms with Gasteiger partial charge in [0.15, 0.2) is 5.69 Å². The normalized spacial score (nSPS) is 21.6. The zero-order valence-electron chi connectivity index (χ0n) is 14.9. The fourth-order valence-corrected chi connectivity index (χ4v) is 4.04. The van der Waals surface area contributed by atoms with E-state index >= 15 is 0 Å². The molecule has 1 saturated carbocycles. The molecule has 8 heteroatoms. The number of carbonyl (C=O) groups excluding carboxylic acids is 1. The highest BCUT2D eigenvalue weighted by Crippen LogP contribution is 2.52. The van der Waals surface area contributed by atoms with Crippen LogP contribution in [0.15, 0.2) is 36.9 Å². The van der Waals surface area contributed by atoms with Crippen LogP contribution < -0.4 is 4.90 Å². The molecular formula is C20H15N7O. The Balaban J connectivity index is 1.58. The number of carbonyl (C=O) groups is 1. The lowest BCUT2D eigenvalue weighted by Gasteiger charge is -2.21. The van der Waals surface area contributed by atoms with Crippen LogP contribution in [-0.4, -0.2) is 32.0 Å². The number of nitrogens with zero attached hydrogens (tertiary/aromatic N) is 7. The smallest absolute Gasteiger partial charge is 0.247 e. The van der Waals surface area contributed by atoms with Gasteiger partial charge in [-0.25, -0.2) is 9.50 Å². The van der Waals surface area contributed by atoms with E-state index in [-0.39, 0.29) is 17.5 Å². The van der Waals surface area contributed by atoms with E-state index in [9.17, 15) is 10.1 Å². The SMILES string of the molecule is N#Cc1cncc(-c2cc3c(N4CC[C@@](C#N)(C5CC5)C4=O)ccnn3c2)n1. The highest BCUT2D eigenvalue weighted by molar-refractivity contribution is 6.05. The monoisotopic (exact) mass is 369 g/mol. The molecule has 3 aromatic rings. The Labute approximate surface area is 160 Å². The van der Waals surface area contributed by atoms with Gasteiger partial charge in [0.25, 0.3) is 0 Å². The Hall–Kier alpha value is -3.78. The molecule has 0 unspecified atom stereocenters. The molecular weight excluding hydrogens is 354 g/mol. The third-order valence-electron chi connectivity index (χ3n) is 5.65. The fourth-order valence-electron chi connectivity index (χ4n) is 4.04. The summed E-state index contributed by atoms with van der Waals surface area (Å²) >= 11 is 0. The first kappa shape index (κ1) is 16.4. The number of rotatable bonds is 3. The van der Waals surface area contributed by atoms with Gasteiger partial charge in [-0.1, -0.05) is 0 Å². The van der Waals surface area contributed by atoms with Gasteiger partial charge in [-0.15, -0.1) is 0 Å². The zero-order chi connectivity index (χ0) is 19.3. The summed E-state index contributed by atoms with van der Waals surface area (Å²) in [7, 11) is 0. The number of nitriles is 2. The van der Waals surface area contributed by atoms with E-state index in [2.05, 4.69) is 21.1 Å². The summed E-state index contributed by atoms with van der Waals surface area (Å²) in [6.07, 6.45) is 8.88. The maximum absolute atomic E-state index is 13.2. The van der Waals surface area contributed by atoms with Gasteiger partial charge in [-0.3, -0.25) is 9.78 Å². The first-order chi connectivity index (χ1) is 13.7. The summed E-state index contributed by atoms with van der Waals surface area (Å²) in [4.78, 5) is 23.2. The second-order valence-corrected chi connectivity index (χ2v) is 7.24. The van der Waals surface area contributed by atoms with Crippen molar-refractivity contribution in [1.82, 2.24) is 19.6 Å². The molecule has 1 saturated heterocycles. The van der Waals surface area contributed by atoms with Crippen molar-refractivity contribution >= 4 is 17.1 Å². The van der Waals surface area contributed by atoms with Crippen LogP contribution in [0.5, 0.6) is 0 Å². The van der Waals surface area contributed by atoms with Crippen LogP contribution in [0.1, 0.15) is 25.0 Å². The van der Waals surface area contributed by atoms with Gasteiger partial charge in [-0.2, -0.15) is 15.6 Å². The highest BCUT2D eigenvalue weighted by Gasteiger charge is 2.56. The quantitative estimate of drug-likeness (QED) is 0.700. The van der Waals surface area contributed by atoms with Crippen molar-refractivity contribution in [2.24, 2.45) is 11.3 Å². The Bertz CT molecular complexity index is 1200. The molecule has 2 aliphatic rings. The second-order valence-electron chi connectivity index (χ2n) is 7.24. The lowest BCUT2D eigenvalue weighted by molar-refractivity contribution is -0.123. The van der Waals surface area contributed by atoms with E-state index in [1.54, 1.807) is 34.1 Å². The van der Waals surface area contributed by atoms with Gasteiger partial charge in [0.1, 0.15) is 11.5 Å². The summed E-state index contributed by atoms with van der Waals surface area (Å²) in [5.74, 6) is 0.0684. The molecule has 1 atom stereocenters. The lowest BCUT2D eigenvalue weighted by atomic mass is 9.83. The molecule has 0 spiro atoms. The molecule has 0 aromatic carbocycles. The first-order valence-electron chi connectivity index (χ1n) is 9.09. The van der Waals surface area contributed by atoms with E-state index in [0.29, 0.717) is 18.7 Å². The standard InChI is InChI=1S/C20H15N7O/c21-8-15-9-23-10-16(25-15)13-7-18-17(3-5-24-27(18)11-13)26-6-4-20(12-22,19(26)28)14-1-2-14/h3,5,7,9-11,14H,1-2,4,6H2/t20-/m1/s1. The Morgan fingerprint density at radius 1 is 1.25 bits per heavy atom. The number of fused-ring (bicyclic) bond motifs is 1. The number of hydrogen-bond acceptors (Lipinski definition) is 6. The molecule has 0 bridgehead atoms. The number of amides is 1. The van der Waals surface area contributed by atoms with E-state index in [1.807, 2.05) is 12.1 Å². The van der Waals surface area contributed by atoms with Crippen molar-refractivity contribution in [3.05, 3.63) is 42.6 Å². The maximum Gasteiger partial charge on any atom is 0.247 e. The van der Waals surface area contributed by atoms with Crippen LogP contribution in [0.25, 0.3) is 16.8 Å². The number of hydrogen-bond donors (Lipinski definition) is 0. The molecule has 28 heavy (non-hydrogen) atoms. The van der Waals surface area contributed by atoms with Crippen molar-refractivity contribution in [1.29, 1.82) is 10.5 Å². The Morgan fingerprint density at radius 3 is 2.86 bits per heavy atom. The van der Waals surface area contributed by atoms with Gasteiger partial charge >= 0.3 is 0 Å². The van der Waals surface area contributed by atoms with Gasteiger partial charge in [0.05, 0.1) is 35.4 Å². The summed E-state index contributed by atoms with van der Waals surface area (Å²) in [5.41, 5.74) is 2.15. The summed E-state index contributed by atoms with van der Waals surface area (Å²) < 4.78 is 1.68. The molecule has 3 aromatic heterocycles. The molecule has 0 radical (unpaired) electrons. The van der Waals surface area contributed by atoms with Crippen LogP contribution >= 0.6 is 0 Å². The number of anilines is 1.